The van der Waals surface area contributed by atoms with Gasteiger partial charge in [0.1, 0.15) is 17.4 Å². The second-order valence-corrected chi connectivity index (χ2v) is 16.2. The van der Waals surface area contributed by atoms with Crippen LogP contribution in [0.3, 0.4) is 0 Å². The van der Waals surface area contributed by atoms with Crippen LogP contribution < -0.4 is 0 Å². The van der Waals surface area contributed by atoms with Gasteiger partial charge in [-0.05, 0) is 38.4 Å². The highest BCUT2D eigenvalue weighted by atomic mass is 35.5. The topological polar surface area (TPSA) is 89.6 Å². The first-order chi connectivity index (χ1) is 16.8. The van der Waals surface area contributed by atoms with E-state index in [0.717, 1.165) is 30.3 Å². The van der Waals surface area contributed by atoms with Gasteiger partial charge in [-0.15, -0.1) is 0 Å². The molecule has 12 heteroatoms. The number of thioether (sulfide) groups is 1. The number of rotatable bonds is 11. The third-order valence-electron chi connectivity index (χ3n) is 7.44. The molecule has 9 nitrogen and oxygen atoms in total. The SMILES string of the molecule is CCCSC1=NC2C(N=NN2[C@@H]2C[C@H](OCCO[Si](CC)(CC)CC)[C@H]3OC(C)(C)O[C@H]32)C(Cl)=N1. The summed E-state index contributed by atoms with van der Waals surface area (Å²) in [6.45, 7) is 13.9. The fraction of sp³-hybridized carbons (Fsp3) is 0.913. The van der Waals surface area contributed by atoms with Gasteiger partial charge in [-0.1, -0.05) is 56.3 Å². The van der Waals surface area contributed by atoms with E-state index < -0.39 is 14.1 Å². The number of ether oxygens (including phenoxy) is 3. The maximum absolute atomic E-state index is 6.49. The van der Waals surface area contributed by atoms with E-state index in [9.17, 15) is 0 Å². The largest absolute Gasteiger partial charge is 0.414 e. The molecule has 0 aromatic carbocycles. The fourth-order valence-corrected chi connectivity index (χ4v) is 8.99. The van der Waals surface area contributed by atoms with Crippen LogP contribution in [0.25, 0.3) is 0 Å². The average molecular weight is 546 g/mol. The van der Waals surface area contributed by atoms with Gasteiger partial charge in [0.25, 0.3) is 0 Å². The molecule has 2 unspecified atom stereocenters. The predicted octanol–water partition coefficient (Wildman–Crippen LogP) is 5.21. The highest BCUT2D eigenvalue weighted by molar-refractivity contribution is 8.13. The molecule has 4 aliphatic rings. The third kappa shape index (κ3) is 5.81. The molecule has 0 radical (unpaired) electrons. The number of fused-ring (bicyclic) bond motifs is 2. The zero-order chi connectivity index (χ0) is 25.2. The Hall–Kier alpha value is -0.563. The van der Waals surface area contributed by atoms with E-state index in [1.54, 1.807) is 11.8 Å². The third-order valence-corrected chi connectivity index (χ3v) is 13.5. The van der Waals surface area contributed by atoms with Gasteiger partial charge in [-0.2, -0.15) is 5.11 Å². The van der Waals surface area contributed by atoms with Crippen molar-refractivity contribution in [2.45, 2.75) is 115 Å². The summed E-state index contributed by atoms with van der Waals surface area (Å²) >= 11 is 8.10. The monoisotopic (exact) mass is 545 g/mol. The van der Waals surface area contributed by atoms with Crippen molar-refractivity contribution < 1.29 is 18.6 Å². The molecule has 198 valence electrons. The number of amidine groups is 1. The van der Waals surface area contributed by atoms with Crippen LogP contribution in [-0.4, -0.2) is 85.0 Å². The van der Waals surface area contributed by atoms with Crippen LogP contribution in [0.5, 0.6) is 0 Å². The Morgan fingerprint density at radius 3 is 2.51 bits per heavy atom. The molecule has 3 heterocycles. The van der Waals surface area contributed by atoms with Crippen LogP contribution in [0.2, 0.25) is 18.1 Å². The normalized spacial score (nSPS) is 33.6. The quantitative estimate of drug-likeness (QED) is 0.261. The van der Waals surface area contributed by atoms with Gasteiger partial charge in [0.2, 0.25) is 0 Å². The highest BCUT2D eigenvalue weighted by Crippen LogP contribution is 2.44. The lowest BCUT2D eigenvalue weighted by molar-refractivity contribution is -0.173. The summed E-state index contributed by atoms with van der Waals surface area (Å²) in [6, 6.07) is 2.95. The Bertz CT molecular complexity index is 834. The maximum atomic E-state index is 6.49. The fourth-order valence-electron chi connectivity index (χ4n) is 5.34. The molecule has 0 bridgehead atoms. The molecule has 0 N–H and O–H groups in total. The molecule has 0 spiro atoms. The maximum Gasteiger partial charge on any atom is 0.192 e. The van der Waals surface area contributed by atoms with Gasteiger partial charge in [0.15, 0.2) is 31.5 Å². The minimum Gasteiger partial charge on any atom is -0.414 e. The zero-order valence-electron chi connectivity index (χ0n) is 21.8. The molecular formula is C23H40ClN5O4SSi. The van der Waals surface area contributed by atoms with Crippen molar-refractivity contribution in [3.63, 3.8) is 0 Å². The summed E-state index contributed by atoms with van der Waals surface area (Å²) in [6.07, 6.45) is 0.953. The summed E-state index contributed by atoms with van der Waals surface area (Å²) in [5.74, 6) is 0.252. The molecule has 1 saturated heterocycles. The van der Waals surface area contributed by atoms with Crippen molar-refractivity contribution >= 4 is 42.0 Å². The minimum atomic E-state index is -1.63. The van der Waals surface area contributed by atoms with Crippen LogP contribution in [-0.2, 0) is 18.6 Å². The van der Waals surface area contributed by atoms with E-state index in [1.165, 1.54) is 0 Å². The summed E-state index contributed by atoms with van der Waals surface area (Å²) in [4.78, 5) is 9.30. The van der Waals surface area contributed by atoms with Crippen LogP contribution in [0.4, 0.5) is 0 Å². The second-order valence-electron chi connectivity index (χ2n) is 10.0. The van der Waals surface area contributed by atoms with Gasteiger partial charge in [-0.25, -0.2) is 15.0 Å². The number of hydrogen-bond acceptors (Lipinski definition) is 10. The molecule has 6 atom stereocenters. The van der Waals surface area contributed by atoms with Gasteiger partial charge in [0, 0.05) is 12.2 Å². The van der Waals surface area contributed by atoms with Crippen molar-refractivity contribution in [3.8, 4) is 0 Å². The first kappa shape index (κ1) is 27.5. The average Bonchev–Trinajstić information content (AvgIpc) is 3.49. The Labute approximate surface area is 219 Å². The Morgan fingerprint density at radius 1 is 1.11 bits per heavy atom. The molecular weight excluding hydrogens is 506 g/mol. The van der Waals surface area contributed by atoms with Crippen molar-refractivity contribution in [3.05, 3.63) is 0 Å². The lowest BCUT2D eigenvalue weighted by Gasteiger charge is -2.32. The lowest BCUT2D eigenvalue weighted by atomic mass is 10.1. The van der Waals surface area contributed by atoms with Gasteiger partial charge < -0.3 is 18.6 Å². The Balaban J connectivity index is 1.44. The van der Waals surface area contributed by atoms with E-state index in [4.69, 9.17) is 35.2 Å². The number of halogens is 1. The number of nitrogens with zero attached hydrogens (tertiary/aromatic N) is 5. The first-order valence-corrected chi connectivity index (χ1v) is 16.9. The van der Waals surface area contributed by atoms with E-state index >= 15 is 0 Å². The first-order valence-electron chi connectivity index (χ1n) is 13.0. The molecule has 0 amide bonds. The number of aliphatic imine (C=N–C) groups is 2. The highest BCUT2D eigenvalue weighted by Gasteiger charge is 2.58. The van der Waals surface area contributed by atoms with E-state index in [2.05, 4.69) is 43.0 Å². The van der Waals surface area contributed by atoms with Crippen LogP contribution in [0, 0.1) is 0 Å². The standard InChI is InChI=1S/C23H40ClN5O4SSi/c1-7-13-34-22-25-20(24)17-21(26-22)29(28-27-17)15-14-16(19-18(15)32-23(5,6)33-19)30-11-12-31-35(8-2,9-3)10-4/h15-19,21H,7-14H2,1-6H3/t15-,16+,17?,18+,19-,21?/m1/s1. The summed E-state index contributed by atoms with van der Waals surface area (Å²) in [7, 11) is -1.63. The van der Waals surface area contributed by atoms with Crippen LogP contribution in [0.1, 0.15) is 54.4 Å². The number of hydrogen-bond donors (Lipinski definition) is 0. The molecule has 1 aliphatic carbocycles. The van der Waals surface area contributed by atoms with Gasteiger partial charge >= 0.3 is 0 Å². The van der Waals surface area contributed by atoms with E-state index in [-0.39, 0.29) is 36.6 Å². The van der Waals surface area contributed by atoms with Gasteiger partial charge in [-0.3, -0.25) is 0 Å². The van der Waals surface area contributed by atoms with Crippen LogP contribution >= 0.6 is 23.4 Å². The van der Waals surface area contributed by atoms with Gasteiger partial charge in [0.05, 0.1) is 25.4 Å². The van der Waals surface area contributed by atoms with E-state index in [1.807, 2.05) is 18.9 Å². The Morgan fingerprint density at radius 2 is 1.83 bits per heavy atom. The molecule has 0 aromatic rings. The second kappa shape index (κ2) is 11.4. The van der Waals surface area contributed by atoms with Crippen molar-refractivity contribution in [1.29, 1.82) is 0 Å². The smallest absolute Gasteiger partial charge is 0.192 e. The predicted molar refractivity (Wildman–Crippen MR) is 143 cm³/mol. The summed E-state index contributed by atoms with van der Waals surface area (Å²) < 4.78 is 25.4. The van der Waals surface area contributed by atoms with Crippen molar-refractivity contribution in [2.75, 3.05) is 19.0 Å². The molecule has 2 fully saturated rings. The molecule has 4 rings (SSSR count). The van der Waals surface area contributed by atoms with E-state index in [0.29, 0.717) is 30.0 Å². The molecule has 3 aliphatic heterocycles. The van der Waals surface area contributed by atoms with Crippen molar-refractivity contribution in [2.24, 2.45) is 20.3 Å². The lowest BCUT2D eigenvalue weighted by Crippen LogP contribution is -2.48. The van der Waals surface area contributed by atoms with Crippen molar-refractivity contribution in [1.82, 2.24) is 5.01 Å². The molecule has 1 saturated carbocycles. The minimum absolute atomic E-state index is 0.0782. The summed E-state index contributed by atoms with van der Waals surface area (Å²) in [5.41, 5.74) is 0. The van der Waals surface area contributed by atoms with Crippen LogP contribution in [0.15, 0.2) is 20.3 Å². The molecule has 0 aromatic heterocycles. The Kier molecular flexibility index (Phi) is 8.98. The molecule has 35 heavy (non-hydrogen) atoms. The zero-order valence-corrected chi connectivity index (χ0v) is 24.3. The summed E-state index contributed by atoms with van der Waals surface area (Å²) in [5, 5.41) is 12.0.